The van der Waals surface area contributed by atoms with Gasteiger partial charge in [0.05, 0.1) is 11.6 Å². The van der Waals surface area contributed by atoms with Crippen LogP contribution in [0.2, 0.25) is 0 Å². The maximum absolute atomic E-state index is 11.6. The van der Waals surface area contributed by atoms with E-state index < -0.39 is 12.0 Å². The molecule has 2 rings (SSSR count). The molecule has 0 amide bonds. The minimum atomic E-state index is -0.813. The molecule has 1 aromatic rings. The molecule has 5 nitrogen and oxygen atoms in total. The van der Waals surface area contributed by atoms with Crippen molar-refractivity contribution >= 4 is 21.9 Å². The molecule has 0 aliphatic carbocycles. The number of rotatable bonds is 4. The topological polar surface area (TPSA) is 53.0 Å². The molecule has 1 aromatic carbocycles. The van der Waals surface area contributed by atoms with E-state index in [-0.39, 0.29) is 0 Å². The van der Waals surface area contributed by atoms with Crippen molar-refractivity contribution in [1.29, 1.82) is 0 Å². The molecular formula is C14H19BrN2O3. The molecular weight excluding hydrogens is 324 g/mol. The van der Waals surface area contributed by atoms with Crippen LogP contribution in [0.1, 0.15) is 11.6 Å². The summed E-state index contributed by atoms with van der Waals surface area (Å²) in [5, 5.41) is 9.56. The number of nitrogens with zero attached hydrogens (tertiary/aromatic N) is 2. The number of hydrogen-bond acceptors (Lipinski definition) is 4. The molecule has 1 aliphatic heterocycles. The number of hydrogen-bond donors (Lipinski definition) is 1. The lowest BCUT2D eigenvalue weighted by Crippen LogP contribution is -2.47. The van der Waals surface area contributed by atoms with Gasteiger partial charge in [0.15, 0.2) is 0 Å². The van der Waals surface area contributed by atoms with Gasteiger partial charge < -0.3 is 14.7 Å². The highest BCUT2D eigenvalue weighted by Gasteiger charge is 2.29. The van der Waals surface area contributed by atoms with E-state index in [1.165, 1.54) is 0 Å². The summed E-state index contributed by atoms with van der Waals surface area (Å²) >= 11 is 3.41. The summed E-state index contributed by atoms with van der Waals surface area (Å²) in [5.41, 5.74) is 0.773. The fourth-order valence-corrected chi connectivity index (χ4v) is 3.00. The van der Waals surface area contributed by atoms with Crippen LogP contribution in [0.3, 0.4) is 0 Å². The second-order valence-corrected chi connectivity index (χ2v) is 5.83. The largest absolute Gasteiger partial charge is 0.496 e. The average Bonchev–Trinajstić information content (AvgIpc) is 2.41. The van der Waals surface area contributed by atoms with Gasteiger partial charge in [-0.3, -0.25) is 9.69 Å². The number of halogens is 1. The number of likely N-dealkylation sites (N-methyl/N-ethyl adjacent to an activating group) is 1. The maximum atomic E-state index is 11.6. The summed E-state index contributed by atoms with van der Waals surface area (Å²) < 4.78 is 5.96. The van der Waals surface area contributed by atoms with Crippen molar-refractivity contribution < 1.29 is 14.6 Å². The maximum Gasteiger partial charge on any atom is 0.325 e. The second kappa shape index (κ2) is 6.56. The lowest BCUT2D eigenvalue weighted by Gasteiger charge is -2.36. The normalized spacial score (nSPS) is 18.8. The fraction of sp³-hybridized carbons (Fsp3) is 0.500. The van der Waals surface area contributed by atoms with Crippen LogP contribution in [0, 0.1) is 0 Å². The highest BCUT2D eigenvalue weighted by Crippen LogP contribution is 2.30. The van der Waals surface area contributed by atoms with E-state index in [9.17, 15) is 9.90 Å². The molecule has 0 saturated carbocycles. The number of carboxylic acid groups (broad SMARTS) is 1. The number of ether oxygens (including phenoxy) is 1. The Labute approximate surface area is 127 Å². The standard InChI is InChI=1S/C14H19BrN2O3/c1-16-5-7-17(8-6-16)13(14(18)19)10-3-4-12(20-2)11(15)9-10/h3-4,9,13H,5-8H2,1-2H3,(H,18,19). The van der Waals surface area contributed by atoms with E-state index >= 15 is 0 Å². The summed E-state index contributed by atoms with van der Waals surface area (Å²) in [7, 11) is 3.64. The first-order valence-electron chi connectivity index (χ1n) is 6.51. The van der Waals surface area contributed by atoms with Gasteiger partial charge in [0.25, 0.3) is 0 Å². The van der Waals surface area contributed by atoms with Gasteiger partial charge in [-0.05, 0) is 40.7 Å². The van der Waals surface area contributed by atoms with Crippen LogP contribution in [0.25, 0.3) is 0 Å². The molecule has 1 N–H and O–H groups in total. The molecule has 20 heavy (non-hydrogen) atoms. The average molecular weight is 343 g/mol. The highest BCUT2D eigenvalue weighted by atomic mass is 79.9. The van der Waals surface area contributed by atoms with Crippen molar-refractivity contribution in [2.24, 2.45) is 0 Å². The molecule has 0 aromatic heterocycles. The zero-order valence-corrected chi connectivity index (χ0v) is 13.3. The predicted octanol–water partition coefficient (Wildman–Crippen LogP) is 1.83. The van der Waals surface area contributed by atoms with E-state index in [1.807, 2.05) is 17.0 Å². The molecule has 110 valence electrons. The predicted molar refractivity (Wildman–Crippen MR) is 80.1 cm³/mol. The highest BCUT2D eigenvalue weighted by molar-refractivity contribution is 9.10. The zero-order chi connectivity index (χ0) is 14.7. The summed E-state index contributed by atoms with van der Waals surface area (Å²) in [4.78, 5) is 15.9. The minimum Gasteiger partial charge on any atom is -0.496 e. The van der Waals surface area contributed by atoms with Crippen molar-refractivity contribution in [3.63, 3.8) is 0 Å². The van der Waals surface area contributed by atoms with Crippen LogP contribution in [-0.2, 0) is 4.79 Å². The Bertz CT molecular complexity index is 487. The first-order valence-corrected chi connectivity index (χ1v) is 7.31. The van der Waals surface area contributed by atoms with Crippen LogP contribution < -0.4 is 4.74 Å². The minimum absolute atomic E-state index is 0.606. The first kappa shape index (κ1) is 15.3. The van der Waals surface area contributed by atoms with Crippen molar-refractivity contribution in [3.05, 3.63) is 28.2 Å². The SMILES string of the molecule is COc1ccc(C(C(=O)O)N2CCN(C)CC2)cc1Br. The van der Waals surface area contributed by atoms with Crippen LogP contribution in [0.4, 0.5) is 0 Å². The third-order valence-electron chi connectivity index (χ3n) is 3.63. The van der Waals surface area contributed by atoms with Gasteiger partial charge in [-0.1, -0.05) is 6.07 Å². The summed E-state index contributed by atoms with van der Waals surface area (Å²) in [6.45, 7) is 3.30. The number of aliphatic carboxylic acids is 1. The van der Waals surface area contributed by atoms with E-state index in [1.54, 1.807) is 13.2 Å². The summed E-state index contributed by atoms with van der Waals surface area (Å²) in [5.74, 6) is -0.108. The van der Waals surface area contributed by atoms with Crippen LogP contribution >= 0.6 is 15.9 Å². The number of piperazine rings is 1. The van der Waals surface area contributed by atoms with Crippen molar-refractivity contribution in [3.8, 4) is 5.75 Å². The molecule has 1 unspecified atom stereocenters. The molecule has 6 heteroatoms. The van der Waals surface area contributed by atoms with Crippen LogP contribution in [0.5, 0.6) is 5.75 Å². The Hall–Kier alpha value is -1.11. The van der Waals surface area contributed by atoms with Gasteiger partial charge in [0, 0.05) is 26.2 Å². The smallest absolute Gasteiger partial charge is 0.325 e. The van der Waals surface area contributed by atoms with Crippen molar-refractivity contribution in [2.75, 3.05) is 40.3 Å². The molecule has 0 spiro atoms. The molecule has 0 bridgehead atoms. The number of methoxy groups -OCH3 is 1. The second-order valence-electron chi connectivity index (χ2n) is 4.97. The van der Waals surface area contributed by atoms with Gasteiger partial charge in [-0.15, -0.1) is 0 Å². The molecule has 1 heterocycles. The Morgan fingerprint density at radius 1 is 1.35 bits per heavy atom. The lowest BCUT2D eigenvalue weighted by atomic mass is 10.0. The Morgan fingerprint density at radius 2 is 2.00 bits per heavy atom. The first-order chi connectivity index (χ1) is 9.52. The van der Waals surface area contributed by atoms with Gasteiger partial charge in [0.2, 0.25) is 0 Å². The van der Waals surface area contributed by atoms with Gasteiger partial charge in [-0.2, -0.15) is 0 Å². The number of benzene rings is 1. The van der Waals surface area contributed by atoms with Gasteiger partial charge in [0.1, 0.15) is 11.8 Å². The zero-order valence-electron chi connectivity index (χ0n) is 11.7. The monoisotopic (exact) mass is 342 g/mol. The van der Waals surface area contributed by atoms with E-state index in [2.05, 4.69) is 27.9 Å². The molecule has 1 aliphatic rings. The van der Waals surface area contributed by atoms with Crippen LogP contribution in [0.15, 0.2) is 22.7 Å². The molecule has 1 fully saturated rings. The Kier molecular flexibility index (Phi) is 5.01. The van der Waals surface area contributed by atoms with E-state index in [0.29, 0.717) is 5.75 Å². The quantitative estimate of drug-likeness (QED) is 0.904. The third-order valence-corrected chi connectivity index (χ3v) is 4.25. The Balaban J connectivity index is 2.24. The van der Waals surface area contributed by atoms with Gasteiger partial charge >= 0.3 is 5.97 Å². The third kappa shape index (κ3) is 3.31. The Morgan fingerprint density at radius 3 is 2.50 bits per heavy atom. The summed E-state index contributed by atoms with van der Waals surface area (Å²) in [6.07, 6.45) is 0. The molecule has 0 radical (unpaired) electrons. The van der Waals surface area contributed by atoms with Crippen molar-refractivity contribution in [1.82, 2.24) is 9.80 Å². The lowest BCUT2D eigenvalue weighted by molar-refractivity contribution is -0.144. The van der Waals surface area contributed by atoms with Crippen LogP contribution in [-0.4, -0.2) is 61.2 Å². The molecule has 1 saturated heterocycles. The molecule has 1 atom stereocenters. The fourth-order valence-electron chi connectivity index (χ4n) is 2.44. The van der Waals surface area contributed by atoms with Crippen molar-refractivity contribution in [2.45, 2.75) is 6.04 Å². The van der Waals surface area contributed by atoms with Gasteiger partial charge in [-0.25, -0.2) is 0 Å². The number of carboxylic acids is 1. The summed E-state index contributed by atoms with van der Waals surface area (Å²) in [6, 6.07) is 4.84. The van der Waals surface area contributed by atoms with E-state index in [0.717, 1.165) is 36.2 Å². The van der Waals surface area contributed by atoms with E-state index in [4.69, 9.17) is 4.74 Å². The number of carbonyl (C=O) groups is 1.